The van der Waals surface area contributed by atoms with Crippen LogP contribution in [0.3, 0.4) is 0 Å². The molecule has 0 aliphatic rings. The van der Waals surface area contributed by atoms with E-state index in [1.165, 1.54) is 16.8 Å². The third-order valence-corrected chi connectivity index (χ3v) is 3.69. The van der Waals surface area contributed by atoms with Gasteiger partial charge in [-0.3, -0.25) is 4.68 Å². The molecule has 0 fully saturated rings. The molecule has 0 saturated carbocycles. The van der Waals surface area contributed by atoms with Gasteiger partial charge < -0.3 is 5.32 Å². The van der Waals surface area contributed by atoms with Gasteiger partial charge in [0.05, 0.1) is 5.69 Å². The molecule has 1 aromatic carbocycles. The average molecular weight is 257 g/mol. The van der Waals surface area contributed by atoms with Gasteiger partial charge in [-0.15, -0.1) is 0 Å². The number of aryl methyl sites for hydroxylation is 2. The molecule has 0 bridgehead atoms. The molecule has 0 spiro atoms. The Morgan fingerprint density at radius 3 is 2.32 bits per heavy atom. The molecular formula is C16H23N3. The smallest absolute Gasteiger partial charge is 0.0547 e. The van der Waals surface area contributed by atoms with E-state index in [9.17, 15) is 0 Å². The van der Waals surface area contributed by atoms with Crippen molar-refractivity contribution in [2.45, 2.75) is 39.3 Å². The summed E-state index contributed by atoms with van der Waals surface area (Å²) in [6.45, 7) is 6.56. The highest BCUT2D eigenvalue weighted by molar-refractivity contribution is 5.25. The Morgan fingerprint density at radius 2 is 1.79 bits per heavy atom. The quantitative estimate of drug-likeness (QED) is 0.889. The summed E-state index contributed by atoms with van der Waals surface area (Å²) in [5, 5.41) is 7.83. The van der Waals surface area contributed by atoms with Crippen molar-refractivity contribution in [3.8, 4) is 0 Å². The first-order valence-corrected chi connectivity index (χ1v) is 6.94. The van der Waals surface area contributed by atoms with Gasteiger partial charge in [-0.2, -0.15) is 5.10 Å². The minimum atomic E-state index is 0.286. The minimum Gasteiger partial charge on any atom is -0.302 e. The van der Waals surface area contributed by atoms with E-state index in [-0.39, 0.29) is 6.04 Å². The lowest BCUT2D eigenvalue weighted by atomic mass is 10.0. The summed E-state index contributed by atoms with van der Waals surface area (Å²) in [6, 6.07) is 11.5. The van der Waals surface area contributed by atoms with E-state index in [1.54, 1.807) is 0 Å². The minimum absolute atomic E-state index is 0.286. The maximum Gasteiger partial charge on any atom is 0.0547 e. The van der Waals surface area contributed by atoms with Crippen LogP contribution in [0.2, 0.25) is 0 Å². The van der Waals surface area contributed by atoms with Crippen LogP contribution in [0.4, 0.5) is 0 Å². The molecule has 1 N–H and O–H groups in total. The Hall–Kier alpha value is -1.61. The lowest BCUT2D eigenvalue weighted by molar-refractivity contribution is 0.469. The van der Waals surface area contributed by atoms with Gasteiger partial charge in [0.2, 0.25) is 0 Å². The van der Waals surface area contributed by atoms with E-state index in [2.05, 4.69) is 61.5 Å². The molecule has 2 atom stereocenters. The van der Waals surface area contributed by atoms with Crippen molar-refractivity contribution in [3.05, 3.63) is 53.3 Å². The topological polar surface area (TPSA) is 29.9 Å². The number of nitrogens with zero attached hydrogens (tertiary/aromatic N) is 2. The van der Waals surface area contributed by atoms with Crippen molar-refractivity contribution in [1.82, 2.24) is 15.1 Å². The number of hydrogen-bond acceptors (Lipinski definition) is 2. The van der Waals surface area contributed by atoms with Crippen LogP contribution < -0.4 is 5.32 Å². The molecule has 102 valence electrons. The summed E-state index contributed by atoms with van der Waals surface area (Å²) in [5.74, 6) is 0. The second-order valence-electron chi connectivity index (χ2n) is 5.08. The number of nitrogens with one attached hydrogen (secondary N) is 1. The van der Waals surface area contributed by atoms with Gasteiger partial charge >= 0.3 is 0 Å². The van der Waals surface area contributed by atoms with E-state index < -0.39 is 0 Å². The second kappa shape index (κ2) is 6.02. The Kier molecular flexibility index (Phi) is 4.38. The third-order valence-electron chi connectivity index (χ3n) is 3.69. The van der Waals surface area contributed by atoms with E-state index in [1.807, 2.05) is 17.9 Å². The molecule has 3 nitrogen and oxygen atoms in total. The summed E-state index contributed by atoms with van der Waals surface area (Å²) in [7, 11) is 1.98. The van der Waals surface area contributed by atoms with Gasteiger partial charge in [-0.05, 0) is 37.5 Å². The molecule has 19 heavy (non-hydrogen) atoms. The Balaban J connectivity index is 2.04. The normalized spacial score (nSPS) is 14.3. The molecule has 2 unspecified atom stereocenters. The average Bonchev–Trinajstić information content (AvgIpc) is 2.85. The summed E-state index contributed by atoms with van der Waals surface area (Å²) in [6.07, 6.45) is 2.93. The number of rotatable bonds is 5. The van der Waals surface area contributed by atoms with Crippen LogP contribution in [-0.2, 0) is 13.5 Å². The zero-order valence-corrected chi connectivity index (χ0v) is 12.2. The number of hydrogen-bond donors (Lipinski definition) is 1. The fourth-order valence-corrected chi connectivity index (χ4v) is 2.41. The van der Waals surface area contributed by atoms with Crippen LogP contribution in [-0.4, -0.2) is 9.78 Å². The highest BCUT2D eigenvalue weighted by Gasteiger charge is 2.13. The first-order chi connectivity index (χ1) is 9.11. The monoisotopic (exact) mass is 257 g/mol. The summed E-state index contributed by atoms with van der Waals surface area (Å²) >= 11 is 0. The molecule has 3 heteroatoms. The molecule has 0 aliphatic carbocycles. The third kappa shape index (κ3) is 3.24. The fraction of sp³-hybridized carbons (Fsp3) is 0.438. The van der Waals surface area contributed by atoms with Gasteiger partial charge in [0.25, 0.3) is 0 Å². The molecule has 0 amide bonds. The number of benzene rings is 1. The lowest BCUT2D eigenvalue weighted by Crippen LogP contribution is -2.24. The van der Waals surface area contributed by atoms with Gasteiger partial charge in [-0.25, -0.2) is 0 Å². The molecule has 2 aromatic rings. The first kappa shape index (κ1) is 13.8. The predicted molar refractivity (Wildman–Crippen MR) is 79.0 cm³/mol. The molecule has 1 heterocycles. The van der Waals surface area contributed by atoms with Crippen molar-refractivity contribution < 1.29 is 0 Å². The van der Waals surface area contributed by atoms with Crippen LogP contribution in [0.25, 0.3) is 0 Å². The van der Waals surface area contributed by atoms with Crippen molar-refractivity contribution in [2.24, 2.45) is 7.05 Å². The summed E-state index contributed by atoms with van der Waals surface area (Å²) in [4.78, 5) is 0. The largest absolute Gasteiger partial charge is 0.302 e. The Labute approximate surface area is 115 Å². The van der Waals surface area contributed by atoms with Crippen LogP contribution in [0, 0.1) is 0 Å². The maximum absolute atomic E-state index is 4.22. The number of aromatic nitrogens is 2. The maximum atomic E-state index is 4.22. The molecule has 0 aliphatic heterocycles. The fourth-order valence-electron chi connectivity index (χ4n) is 2.41. The van der Waals surface area contributed by atoms with Crippen molar-refractivity contribution in [2.75, 3.05) is 0 Å². The Bertz CT molecular complexity index is 513. The van der Waals surface area contributed by atoms with Gasteiger partial charge in [0.15, 0.2) is 0 Å². The molecular weight excluding hydrogens is 234 g/mol. The van der Waals surface area contributed by atoms with Crippen LogP contribution in [0.1, 0.15) is 49.7 Å². The lowest BCUT2D eigenvalue weighted by Gasteiger charge is -2.20. The van der Waals surface area contributed by atoms with Crippen LogP contribution in [0.15, 0.2) is 36.5 Å². The van der Waals surface area contributed by atoms with Crippen molar-refractivity contribution >= 4 is 0 Å². The summed E-state index contributed by atoms with van der Waals surface area (Å²) < 4.78 is 1.92. The second-order valence-corrected chi connectivity index (χ2v) is 5.08. The SMILES string of the molecule is CCc1ccc(C(C)NC(C)c2ccnn2C)cc1. The van der Waals surface area contributed by atoms with E-state index in [0.29, 0.717) is 6.04 Å². The zero-order chi connectivity index (χ0) is 13.8. The molecule has 0 radical (unpaired) electrons. The van der Waals surface area contributed by atoms with Crippen molar-refractivity contribution in [3.63, 3.8) is 0 Å². The van der Waals surface area contributed by atoms with E-state index >= 15 is 0 Å². The Morgan fingerprint density at radius 1 is 1.11 bits per heavy atom. The highest BCUT2D eigenvalue weighted by Crippen LogP contribution is 2.19. The van der Waals surface area contributed by atoms with Crippen LogP contribution >= 0.6 is 0 Å². The zero-order valence-electron chi connectivity index (χ0n) is 12.2. The molecule has 0 saturated heterocycles. The predicted octanol–water partition coefficient (Wildman–Crippen LogP) is 3.39. The van der Waals surface area contributed by atoms with E-state index in [0.717, 1.165) is 6.42 Å². The molecule has 1 aromatic heterocycles. The highest BCUT2D eigenvalue weighted by atomic mass is 15.3. The van der Waals surface area contributed by atoms with Gasteiger partial charge in [0, 0.05) is 25.3 Å². The molecule has 2 rings (SSSR count). The van der Waals surface area contributed by atoms with Gasteiger partial charge in [-0.1, -0.05) is 31.2 Å². The van der Waals surface area contributed by atoms with Crippen LogP contribution in [0.5, 0.6) is 0 Å². The van der Waals surface area contributed by atoms with Gasteiger partial charge in [0.1, 0.15) is 0 Å². The standard InChI is InChI=1S/C16H23N3/c1-5-14-6-8-15(9-7-14)12(2)18-13(3)16-10-11-17-19(16)4/h6-13,18H,5H2,1-4H3. The first-order valence-electron chi connectivity index (χ1n) is 6.94. The van der Waals surface area contributed by atoms with E-state index in [4.69, 9.17) is 0 Å². The van der Waals surface area contributed by atoms with Crippen molar-refractivity contribution in [1.29, 1.82) is 0 Å². The summed E-state index contributed by atoms with van der Waals surface area (Å²) in [5.41, 5.74) is 3.92.